The molecule has 0 fully saturated rings. The predicted octanol–water partition coefficient (Wildman–Crippen LogP) is 0.534. The van der Waals surface area contributed by atoms with Gasteiger partial charge in [0.05, 0.1) is 27.2 Å². The van der Waals surface area contributed by atoms with Crippen molar-refractivity contribution < 1.29 is 21.6 Å². The molecule has 12 heteroatoms. The highest BCUT2D eigenvalue weighted by atomic mass is 35.5. The van der Waals surface area contributed by atoms with E-state index in [1.54, 1.807) is 0 Å². The number of primary sulfonamides is 1. The number of sulfonamides is 1. The van der Waals surface area contributed by atoms with Gasteiger partial charge in [0.15, 0.2) is 0 Å². The first-order chi connectivity index (χ1) is 9.57. The molecule has 120 valence electrons. The zero-order valence-corrected chi connectivity index (χ0v) is 13.9. The minimum atomic E-state index is -4.00. The maximum absolute atomic E-state index is 11.7. The number of anilines is 1. The van der Waals surface area contributed by atoms with Crippen molar-refractivity contribution in [3.05, 3.63) is 22.2 Å². The van der Waals surface area contributed by atoms with Crippen LogP contribution >= 0.6 is 23.2 Å². The molecule has 0 aromatic heterocycles. The minimum absolute atomic E-state index is 0.0380. The molecule has 4 N–H and O–H groups in total. The lowest BCUT2D eigenvalue weighted by Crippen LogP contribution is -2.32. The molecule has 0 aliphatic rings. The van der Waals surface area contributed by atoms with E-state index < -0.39 is 20.2 Å². The highest BCUT2D eigenvalue weighted by molar-refractivity contribution is 7.90. The molecule has 0 saturated heterocycles. The molecule has 1 aromatic carbocycles. The molecule has 1 rings (SSSR count). The van der Waals surface area contributed by atoms with Crippen molar-refractivity contribution in [3.8, 4) is 0 Å². The van der Waals surface area contributed by atoms with Crippen molar-refractivity contribution in [1.82, 2.24) is 4.72 Å². The van der Waals surface area contributed by atoms with Crippen molar-refractivity contribution in [2.45, 2.75) is 4.90 Å². The van der Waals surface area contributed by atoms with Gasteiger partial charge in [-0.1, -0.05) is 23.2 Å². The average molecular weight is 378 g/mol. The lowest BCUT2D eigenvalue weighted by molar-refractivity contribution is 0.204. The highest BCUT2D eigenvalue weighted by Gasteiger charge is 2.18. The summed E-state index contributed by atoms with van der Waals surface area (Å²) in [5.74, 6) is 0. The standard InChI is InChI=1S/C9H13Cl2N3O5S2/c1-19-3-2-13-21(17,18)14-9-7(10)4-6(5-8(9)11)20(12,15)16/h4-5,13-14H,2-3H2,1H3,(H2,12,15,16). The molecule has 0 aliphatic heterocycles. The summed E-state index contributed by atoms with van der Waals surface area (Å²) in [6.07, 6.45) is 0. The van der Waals surface area contributed by atoms with Gasteiger partial charge in [0.2, 0.25) is 10.0 Å². The van der Waals surface area contributed by atoms with Crippen LogP contribution in [0.15, 0.2) is 17.0 Å². The van der Waals surface area contributed by atoms with Gasteiger partial charge in [0, 0.05) is 13.7 Å². The van der Waals surface area contributed by atoms with Crippen molar-refractivity contribution in [2.24, 2.45) is 5.14 Å². The van der Waals surface area contributed by atoms with E-state index in [4.69, 9.17) is 33.1 Å². The van der Waals surface area contributed by atoms with Crippen LogP contribution in [0.25, 0.3) is 0 Å². The van der Waals surface area contributed by atoms with E-state index in [0.29, 0.717) is 0 Å². The van der Waals surface area contributed by atoms with Crippen LogP contribution in [-0.2, 0) is 25.0 Å². The monoisotopic (exact) mass is 377 g/mol. The van der Waals surface area contributed by atoms with E-state index >= 15 is 0 Å². The number of rotatable bonds is 7. The molecule has 0 heterocycles. The van der Waals surface area contributed by atoms with E-state index in [1.165, 1.54) is 7.11 Å². The van der Waals surface area contributed by atoms with Gasteiger partial charge >= 0.3 is 0 Å². The maximum Gasteiger partial charge on any atom is 0.299 e. The minimum Gasteiger partial charge on any atom is -0.383 e. The summed E-state index contributed by atoms with van der Waals surface area (Å²) in [5.41, 5.74) is -0.157. The first kappa shape index (κ1) is 18.4. The number of hydrogen-bond donors (Lipinski definition) is 3. The largest absolute Gasteiger partial charge is 0.383 e. The Kier molecular flexibility index (Phi) is 6.23. The van der Waals surface area contributed by atoms with E-state index in [0.717, 1.165) is 12.1 Å². The molecule has 8 nitrogen and oxygen atoms in total. The molecule has 0 spiro atoms. The number of nitrogens with two attached hydrogens (primary N) is 1. The van der Waals surface area contributed by atoms with Gasteiger partial charge in [-0.3, -0.25) is 4.72 Å². The highest BCUT2D eigenvalue weighted by Crippen LogP contribution is 2.33. The van der Waals surface area contributed by atoms with Gasteiger partial charge in [-0.2, -0.15) is 13.1 Å². The first-order valence-corrected chi connectivity index (χ1v) is 9.13. The van der Waals surface area contributed by atoms with Crippen LogP contribution in [0.4, 0.5) is 5.69 Å². The molecule has 0 saturated carbocycles. The third kappa shape index (κ3) is 5.58. The van der Waals surface area contributed by atoms with Gasteiger partial charge in [-0.15, -0.1) is 0 Å². The Balaban J connectivity index is 3.05. The van der Waals surface area contributed by atoms with Gasteiger partial charge in [-0.25, -0.2) is 13.6 Å². The number of methoxy groups -OCH3 is 1. The van der Waals surface area contributed by atoms with Crippen LogP contribution in [-0.4, -0.2) is 37.1 Å². The second-order valence-corrected chi connectivity index (χ2v) is 7.68. The Morgan fingerprint density at radius 2 is 1.71 bits per heavy atom. The molecule has 1 aromatic rings. The summed E-state index contributed by atoms with van der Waals surface area (Å²) in [6, 6.07) is 1.99. The molecule has 0 aliphatic carbocycles. The normalized spacial score (nSPS) is 12.4. The van der Waals surface area contributed by atoms with Crippen molar-refractivity contribution in [3.63, 3.8) is 0 Å². The van der Waals surface area contributed by atoms with Gasteiger partial charge in [-0.05, 0) is 12.1 Å². The summed E-state index contributed by atoms with van der Waals surface area (Å²) in [5, 5.41) is 4.53. The van der Waals surface area contributed by atoms with Crippen molar-refractivity contribution >= 4 is 49.1 Å². The van der Waals surface area contributed by atoms with Crippen LogP contribution in [0.1, 0.15) is 0 Å². The van der Waals surface area contributed by atoms with Crippen LogP contribution in [0.5, 0.6) is 0 Å². The fourth-order valence-electron chi connectivity index (χ4n) is 1.26. The lowest BCUT2D eigenvalue weighted by atomic mass is 10.3. The van der Waals surface area contributed by atoms with Gasteiger partial charge < -0.3 is 4.74 Å². The number of halogens is 2. The van der Waals surface area contributed by atoms with Gasteiger partial charge in [0.25, 0.3) is 10.2 Å². The zero-order chi connectivity index (χ0) is 16.3. The Labute approximate surface area is 132 Å². The van der Waals surface area contributed by atoms with Gasteiger partial charge in [0.1, 0.15) is 0 Å². The molecule has 21 heavy (non-hydrogen) atoms. The summed E-state index contributed by atoms with van der Waals surface area (Å²) in [4.78, 5) is -0.326. The van der Waals surface area contributed by atoms with Crippen molar-refractivity contribution in [1.29, 1.82) is 0 Å². The fourth-order valence-corrected chi connectivity index (χ4v) is 3.56. The SMILES string of the molecule is COCCNS(=O)(=O)Nc1c(Cl)cc(S(N)(=O)=O)cc1Cl. The number of nitrogens with one attached hydrogen (secondary N) is 2. The molecule has 0 atom stereocenters. The number of hydrogen-bond acceptors (Lipinski definition) is 5. The van der Waals surface area contributed by atoms with E-state index in [2.05, 4.69) is 9.44 Å². The predicted molar refractivity (Wildman–Crippen MR) is 80.3 cm³/mol. The molecule has 0 amide bonds. The summed E-state index contributed by atoms with van der Waals surface area (Å²) < 4.78 is 54.8. The lowest BCUT2D eigenvalue weighted by Gasteiger charge is -2.13. The topological polar surface area (TPSA) is 128 Å². The number of benzene rings is 1. The molecular formula is C9H13Cl2N3O5S2. The average Bonchev–Trinajstić information content (AvgIpc) is 2.32. The Hall–Kier alpha value is -0.620. The summed E-state index contributed by atoms with van der Waals surface area (Å²) in [6.45, 7) is 0.211. The molecule has 0 unspecified atom stereocenters. The Morgan fingerprint density at radius 1 is 1.19 bits per heavy atom. The Morgan fingerprint density at radius 3 is 2.14 bits per heavy atom. The third-order valence-corrected chi connectivity index (χ3v) is 4.72. The van der Waals surface area contributed by atoms with E-state index in [9.17, 15) is 16.8 Å². The fraction of sp³-hybridized carbons (Fsp3) is 0.333. The molecule has 0 bridgehead atoms. The second-order valence-electron chi connectivity index (χ2n) is 3.80. The van der Waals surface area contributed by atoms with E-state index in [-0.39, 0.29) is 33.8 Å². The molecular weight excluding hydrogens is 365 g/mol. The van der Waals surface area contributed by atoms with Crippen LogP contribution in [0.3, 0.4) is 0 Å². The van der Waals surface area contributed by atoms with E-state index in [1.807, 2.05) is 0 Å². The second kappa shape index (κ2) is 7.09. The van der Waals surface area contributed by atoms with Crippen LogP contribution in [0, 0.1) is 0 Å². The van der Waals surface area contributed by atoms with Crippen LogP contribution in [0.2, 0.25) is 10.0 Å². The third-order valence-electron chi connectivity index (χ3n) is 2.18. The number of ether oxygens (including phenoxy) is 1. The zero-order valence-electron chi connectivity index (χ0n) is 10.8. The smallest absolute Gasteiger partial charge is 0.299 e. The molecule has 0 radical (unpaired) electrons. The Bertz CT molecular complexity index is 698. The van der Waals surface area contributed by atoms with Crippen molar-refractivity contribution in [2.75, 3.05) is 25.0 Å². The quantitative estimate of drug-likeness (QED) is 0.597. The maximum atomic E-state index is 11.7. The summed E-state index contributed by atoms with van der Waals surface area (Å²) >= 11 is 11.6. The first-order valence-electron chi connectivity index (χ1n) is 5.35. The van der Waals surface area contributed by atoms with Crippen LogP contribution < -0.4 is 14.6 Å². The summed E-state index contributed by atoms with van der Waals surface area (Å²) in [7, 11) is -6.52.